The lowest BCUT2D eigenvalue weighted by atomic mass is 9.91. The Morgan fingerprint density at radius 3 is 2.00 bits per heavy atom. The summed E-state index contributed by atoms with van der Waals surface area (Å²) in [6.45, 7) is 1.90. The molecular weight excluding hydrogens is 263 g/mol. The molecule has 0 heterocycles. The van der Waals surface area contributed by atoms with Crippen LogP contribution in [0, 0.1) is 6.92 Å². The summed E-state index contributed by atoms with van der Waals surface area (Å²) in [5.74, 6) is 0. The molecule has 1 N–H and O–H groups in total. The van der Waals surface area contributed by atoms with Crippen LogP contribution in [0.4, 0.5) is 13.2 Å². The van der Waals surface area contributed by atoms with E-state index in [4.69, 9.17) is 0 Å². The van der Waals surface area contributed by atoms with Crippen molar-refractivity contribution in [1.82, 2.24) is 5.32 Å². The predicted octanol–water partition coefficient (Wildman–Crippen LogP) is 4.32. The third kappa shape index (κ3) is 2.85. The van der Waals surface area contributed by atoms with E-state index in [2.05, 4.69) is 5.32 Å². The number of benzene rings is 2. The van der Waals surface area contributed by atoms with E-state index in [1.54, 1.807) is 13.1 Å². The number of hydrogen-bond acceptors (Lipinski definition) is 1. The summed E-state index contributed by atoms with van der Waals surface area (Å²) >= 11 is 0. The quantitative estimate of drug-likeness (QED) is 0.882. The molecule has 0 aliphatic rings. The second-order valence-corrected chi connectivity index (χ2v) is 4.66. The van der Waals surface area contributed by atoms with Crippen LogP contribution in [0.15, 0.2) is 48.5 Å². The Kier molecular flexibility index (Phi) is 4.14. The molecule has 1 atom stereocenters. The molecule has 0 bridgehead atoms. The standard InChI is InChI=1S/C16H16F3N/c1-11-7-3-4-8-12(11)15(20-2)13-9-5-6-10-14(13)16(17,18)19/h3-10,15,20H,1-2H3. The Bertz CT molecular complexity index is 590. The molecule has 20 heavy (non-hydrogen) atoms. The van der Waals surface area contributed by atoms with Gasteiger partial charge >= 0.3 is 6.18 Å². The molecule has 2 aromatic rings. The Hall–Kier alpha value is -1.81. The highest BCUT2D eigenvalue weighted by Gasteiger charge is 2.35. The SMILES string of the molecule is CNC(c1ccccc1C)c1ccccc1C(F)(F)F. The molecule has 106 valence electrons. The Morgan fingerprint density at radius 1 is 0.900 bits per heavy atom. The number of halogens is 3. The summed E-state index contributed by atoms with van der Waals surface area (Å²) in [4.78, 5) is 0. The smallest absolute Gasteiger partial charge is 0.309 e. The van der Waals surface area contributed by atoms with Gasteiger partial charge in [-0.25, -0.2) is 0 Å². The fourth-order valence-electron chi connectivity index (χ4n) is 2.40. The first kappa shape index (κ1) is 14.6. The minimum Gasteiger partial charge on any atom is -0.309 e. The van der Waals surface area contributed by atoms with Crippen LogP contribution in [0.3, 0.4) is 0 Å². The van der Waals surface area contributed by atoms with Crippen LogP contribution in [-0.2, 0) is 6.18 Å². The van der Waals surface area contributed by atoms with E-state index in [0.717, 1.165) is 17.2 Å². The number of alkyl halides is 3. The summed E-state index contributed by atoms with van der Waals surface area (Å²) < 4.78 is 39.4. The van der Waals surface area contributed by atoms with Crippen molar-refractivity contribution < 1.29 is 13.2 Å². The monoisotopic (exact) mass is 279 g/mol. The van der Waals surface area contributed by atoms with Crippen molar-refractivity contribution >= 4 is 0 Å². The van der Waals surface area contributed by atoms with Crippen molar-refractivity contribution in [2.24, 2.45) is 0 Å². The van der Waals surface area contributed by atoms with Gasteiger partial charge in [-0.05, 0) is 36.7 Å². The topological polar surface area (TPSA) is 12.0 Å². The average molecular weight is 279 g/mol. The van der Waals surface area contributed by atoms with Crippen molar-refractivity contribution in [2.45, 2.75) is 19.1 Å². The van der Waals surface area contributed by atoms with E-state index in [1.165, 1.54) is 12.1 Å². The highest BCUT2D eigenvalue weighted by Crippen LogP contribution is 2.36. The lowest BCUT2D eigenvalue weighted by Gasteiger charge is -2.23. The van der Waals surface area contributed by atoms with Crippen molar-refractivity contribution in [3.05, 3.63) is 70.8 Å². The maximum Gasteiger partial charge on any atom is 0.416 e. The van der Waals surface area contributed by atoms with Crippen LogP contribution in [0.1, 0.15) is 28.3 Å². The van der Waals surface area contributed by atoms with Gasteiger partial charge in [0, 0.05) is 0 Å². The molecule has 0 aliphatic heterocycles. The summed E-state index contributed by atoms with van der Waals surface area (Å²) in [5.41, 5.74) is 1.47. The van der Waals surface area contributed by atoms with E-state index in [-0.39, 0.29) is 5.56 Å². The van der Waals surface area contributed by atoms with Gasteiger partial charge in [0.05, 0.1) is 11.6 Å². The van der Waals surface area contributed by atoms with Gasteiger partial charge in [0.1, 0.15) is 0 Å². The molecule has 1 unspecified atom stereocenters. The molecule has 0 saturated heterocycles. The van der Waals surface area contributed by atoms with Crippen molar-refractivity contribution in [1.29, 1.82) is 0 Å². The average Bonchev–Trinajstić information content (AvgIpc) is 2.41. The zero-order valence-electron chi connectivity index (χ0n) is 11.3. The van der Waals surface area contributed by atoms with E-state index in [1.807, 2.05) is 31.2 Å². The van der Waals surface area contributed by atoms with Crippen LogP contribution in [0.5, 0.6) is 0 Å². The molecule has 4 heteroatoms. The fourth-order valence-corrected chi connectivity index (χ4v) is 2.40. The Labute approximate surface area is 116 Å². The number of aryl methyl sites for hydroxylation is 1. The van der Waals surface area contributed by atoms with Crippen molar-refractivity contribution in [3.8, 4) is 0 Å². The first-order valence-electron chi connectivity index (χ1n) is 6.34. The van der Waals surface area contributed by atoms with Gasteiger partial charge in [0.25, 0.3) is 0 Å². The number of rotatable bonds is 3. The molecular formula is C16H16F3N. The minimum absolute atomic E-state index is 0.247. The molecule has 0 spiro atoms. The molecule has 0 radical (unpaired) electrons. The number of hydrogen-bond donors (Lipinski definition) is 1. The van der Waals surface area contributed by atoms with Crippen LogP contribution >= 0.6 is 0 Å². The molecule has 2 rings (SSSR count). The summed E-state index contributed by atoms with van der Waals surface area (Å²) in [5, 5.41) is 2.99. The predicted molar refractivity (Wildman–Crippen MR) is 73.5 cm³/mol. The summed E-state index contributed by atoms with van der Waals surface area (Å²) in [6, 6.07) is 12.7. The van der Waals surface area contributed by atoms with Crippen molar-refractivity contribution in [3.63, 3.8) is 0 Å². The van der Waals surface area contributed by atoms with Crippen LogP contribution in [0.25, 0.3) is 0 Å². The highest BCUT2D eigenvalue weighted by atomic mass is 19.4. The van der Waals surface area contributed by atoms with Gasteiger partial charge in [-0.3, -0.25) is 0 Å². The first-order valence-corrected chi connectivity index (χ1v) is 6.34. The Morgan fingerprint density at radius 2 is 1.45 bits per heavy atom. The minimum atomic E-state index is -4.35. The third-order valence-corrected chi connectivity index (χ3v) is 3.37. The van der Waals surface area contributed by atoms with E-state index in [9.17, 15) is 13.2 Å². The van der Waals surface area contributed by atoms with E-state index < -0.39 is 17.8 Å². The van der Waals surface area contributed by atoms with Gasteiger partial charge in [0.2, 0.25) is 0 Å². The van der Waals surface area contributed by atoms with E-state index in [0.29, 0.717) is 0 Å². The largest absolute Gasteiger partial charge is 0.416 e. The molecule has 2 aromatic carbocycles. The highest BCUT2D eigenvalue weighted by molar-refractivity contribution is 5.41. The van der Waals surface area contributed by atoms with Gasteiger partial charge in [-0.15, -0.1) is 0 Å². The van der Waals surface area contributed by atoms with Crippen molar-refractivity contribution in [2.75, 3.05) is 7.05 Å². The molecule has 0 aliphatic carbocycles. The van der Waals surface area contributed by atoms with Crippen LogP contribution in [0.2, 0.25) is 0 Å². The van der Waals surface area contributed by atoms with Gasteiger partial charge in [-0.2, -0.15) is 13.2 Å². The third-order valence-electron chi connectivity index (χ3n) is 3.37. The van der Waals surface area contributed by atoms with Gasteiger partial charge in [0.15, 0.2) is 0 Å². The van der Waals surface area contributed by atoms with E-state index >= 15 is 0 Å². The molecule has 0 aromatic heterocycles. The maximum absolute atomic E-state index is 13.1. The molecule has 1 nitrogen and oxygen atoms in total. The zero-order chi connectivity index (χ0) is 14.8. The zero-order valence-corrected chi connectivity index (χ0v) is 11.3. The first-order chi connectivity index (χ1) is 9.45. The van der Waals surface area contributed by atoms with Gasteiger partial charge < -0.3 is 5.32 Å². The lowest BCUT2D eigenvalue weighted by molar-refractivity contribution is -0.138. The second kappa shape index (κ2) is 5.67. The normalized spacial score (nSPS) is 13.2. The van der Waals surface area contributed by atoms with Gasteiger partial charge in [-0.1, -0.05) is 42.5 Å². The van der Waals surface area contributed by atoms with Crippen LogP contribution < -0.4 is 5.32 Å². The molecule has 0 fully saturated rings. The summed E-state index contributed by atoms with van der Waals surface area (Å²) in [7, 11) is 1.67. The number of nitrogens with one attached hydrogen (secondary N) is 1. The fraction of sp³-hybridized carbons (Fsp3) is 0.250. The lowest BCUT2D eigenvalue weighted by Crippen LogP contribution is -2.22. The Balaban J connectivity index is 2.57. The molecule has 0 amide bonds. The second-order valence-electron chi connectivity index (χ2n) is 4.66. The molecule has 0 saturated carbocycles. The summed E-state index contributed by atoms with van der Waals surface area (Å²) in [6.07, 6.45) is -4.35. The van der Waals surface area contributed by atoms with Crippen LogP contribution in [-0.4, -0.2) is 7.05 Å². The maximum atomic E-state index is 13.1.